The number of rotatable bonds is 4. The van der Waals surface area contributed by atoms with Crippen molar-refractivity contribution in [3.8, 4) is 11.4 Å². The van der Waals surface area contributed by atoms with Gasteiger partial charge in [-0.2, -0.15) is 4.98 Å². The number of pyridine rings is 1. The second kappa shape index (κ2) is 4.82. The van der Waals surface area contributed by atoms with E-state index in [0.717, 1.165) is 5.56 Å². The Labute approximate surface area is 92.1 Å². The molecule has 0 spiro atoms. The van der Waals surface area contributed by atoms with Crippen molar-refractivity contribution >= 4 is 0 Å². The quantitative estimate of drug-likeness (QED) is 0.779. The zero-order valence-corrected chi connectivity index (χ0v) is 8.58. The van der Waals surface area contributed by atoms with Crippen LogP contribution in [0.4, 0.5) is 0 Å². The van der Waals surface area contributed by atoms with Gasteiger partial charge >= 0.3 is 0 Å². The Balaban J connectivity index is 2.20. The Hall–Kier alpha value is -1.79. The van der Waals surface area contributed by atoms with Gasteiger partial charge in [-0.05, 0) is 25.1 Å². The monoisotopic (exact) mass is 220 g/mol. The van der Waals surface area contributed by atoms with Crippen LogP contribution in [0.15, 0.2) is 29.0 Å². The zero-order valence-electron chi connectivity index (χ0n) is 8.58. The highest BCUT2D eigenvalue weighted by Gasteiger charge is 2.15. The van der Waals surface area contributed by atoms with E-state index in [-0.39, 0.29) is 5.89 Å². The van der Waals surface area contributed by atoms with Gasteiger partial charge in [0.05, 0.1) is 0 Å². The van der Waals surface area contributed by atoms with Gasteiger partial charge in [-0.25, -0.2) is 0 Å². The summed E-state index contributed by atoms with van der Waals surface area (Å²) in [7, 11) is 0. The molecule has 0 unspecified atom stereocenters. The van der Waals surface area contributed by atoms with Gasteiger partial charge in [0.2, 0.25) is 5.82 Å². The highest BCUT2D eigenvalue weighted by molar-refractivity contribution is 5.51. The van der Waals surface area contributed by atoms with Crippen LogP contribution in [0, 0.1) is 0 Å². The number of hydrogen-bond donors (Lipinski definition) is 2. The summed E-state index contributed by atoms with van der Waals surface area (Å²) in [6, 6.07) is 3.60. The van der Waals surface area contributed by atoms with Gasteiger partial charge < -0.3 is 15.4 Å². The largest absolute Gasteiger partial charge is 0.383 e. The summed E-state index contributed by atoms with van der Waals surface area (Å²) in [4.78, 5) is 8.02. The number of aliphatic hydroxyl groups is 1. The molecule has 2 aromatic rings. The van der Waals surface area contributed by atoms with E-state index in [1.807, 2.05) is 6.07 Å². The molecule has 2 heterocycles. The SMILES string of the molecule is NCC[C@H](O)c1nc(-c2cccnc2)no1. The molecule has 0 saturated heterocycles. The molecule has 84 valence electrons. The molecule has 0 bridgehead atoms. The van der Waals surface area contributed by atoms with E-state index < -0.39 is 6.10 Å². The third kappa shape index (κ3) is 2.23. The fourth-order valence-electron chi connectivity index (χ4n) is 1.26. The fraction of sp³-hybridized carbons (Fsp3) is 0.300. The average Bonchev–Trinajstić information content (AvgIpc) is 2.80. The zero-order chi connectivity index (χ0) is 11.4. The van der Waals surface area contributed by atoms with Crippen LogP contribution in [-0.2, 0) is 0 Å². The van der Waals surface area contributed by atoms with Crippen LogP contribution in [-0.4, -0.2) is 26.8 Å². The minimum Gasteiger partial charge on any atom is -0.383 e. The first-order valence-corrected chi connectivity index (χ1v) is 4.93. The van der Waals surface area contributed by atoms with E-state index in [1.54, 1.807) is 18.5 Å². The maximum absolute atomic E-state index is 9.59. The summed E-state index contributed by atoms with van der Waals surface area (Å²) in [5.41, 5.74) is 6.07. The maximum Gasteiger partial charge on any atom is 0.255 e. The molecular formula is C10H12N4O2. The summed E-state index contributed by atoms with van der Waals surface area (Å²) >= 11 is 0. The van der Waals surface area contributed by atoms with Gasteiger partial charge in [0, 0.05) is 18.0 Å². The Kier molecular flexibility index (Phi) is 3.23. The van der Waals surface area contributed by atoms with Crippen molar-refractivity contribution in [2.24, 2.45) is 5.73 Å². The highest BCUT2D eigenvalue weighted by Crippen LogP contribution is 2.18. The predicted molar refractivity (Wildman–Crippen MR) is 56.2 cm³/mol. The Bertz CT molecular complexity index is 443. The first kappa shape index (κ1) is 10.7. The summed E-state index contributed by atoms with van der Waals surface area (Å²) < 4.78 is 4.94. The number of nitrogens with two attached hydrogens (primary N) is 1. The maximum atomic E-state index is 9.59. The van der Waals surface area contributed by atoms with Crippen molar-refractivity contribution in [3.63, 3.8) is 0 Å². The first-order chi connectivity index (χ1) is 7.81. The van der Waals surface area contributed by atoms with E-state index in [9.17, 15) is 5.11 Å². The summed E-state index contributed by atoms with van der Waals surface area (Å²) in [5.74, 6) is 0.600. The van der Waals surface area contributed by atoms with Crippen molar-refractivity contribution in [1.29, 1.82) is 0 Å². The smallest absolute Gasteiger partial charge is 0.255 e. The summed E-state index contributed by atoms with van der Waals surface area (Å²) in [5, 5.41) is 13.4. The highest BCUT2D eigenvalue weighted by atomic mass is 16.5. The summed E-state index contributed by atoms with van der Waals surface area (Å²) in [6.45, 7) is 0.367. The minimum atomic E-state index is -0.803. The van der Waals surface area contributed by atoms with Crippen LogP contribution < -0.4 is 5.73 Å². The lowest BCUT2D eigenvalue weighted by Crippen LogP contribution is -2.06. The summed E-state index contributed by atoms with van der Waals surface area (Å²) in [6.07, 6.45) is 2.88. The van der Waals surface area contributed by atoms with Crippen molar-refractivity contribution < 1.29 is 9.63 Å². The Morgan fingerprint density at radius 3 is 3.06 bits per heavy atom. The molecule has 6 heteroatoms. The van der Waals surface area contributed by atoms with E-state index in [2.05, 4.69) is 15.1 Å². The molecule has 0 radical (unpaired) electrons. The lowest BCUT2D eigenvalue weighted by Gasteiger charge is -2.00. The molecule has 2 rings (SSSR count). The van der Waals surface area contributed by atoms with Crippen molar-refractivity contribution in [1.82, 2.24) is 15.1 Å². The number of nitrogens with zero attached hydrogens (tertiary/aromatic N) is 3. The molecule has 6 nitrogen and oxygen atoms in total. The molecule has 16 heavy (non-hydrogen) atoms. The van der Waals surface area contributed by atoms with Crippen molar-refractivity contribution in [2.75, 3.05) is 6.54 Å². The molecule has 0 aromatic carbocycles. The van der Waals surface area contributed by atoms with E-state index in [4.69, 9.17) is 10.3 Å². The molecular weight excluding hydrogens is 208 g/mol. The predicted octanol–water partition coefficient (Wildman–Crippen LogP) is 0.514. The molecule has 0 aliphatic carbocycles. The first-order valence-electron chi connectivity index (χ1n) is 4.93. The van der Waals surface area contributed by atoms with Crippen LogP contribution in [0.2, 0.25) is 0 Å². The van der Waals surface area contributed by atoms with E-state index >= 15 is 0 Å². The minimum absolute atomic E-state index is 0.185. The van der Waals surface area contributed by atoms with Gasteiger partial charge in [0.1, 0.15) is 6.10 Å². The number of aliphatic hydroxyl groups excluding tert-OH is 1. The van der Waals surface area contributed by atoms with Gasteiger partial charge in [-0.3, -0.25) is 4.98 Å². The average molecular weight is 220 g/mol. The van der Waals surface area contributed by atoms with Crippen molar-refractivity contribution in [2.45, 2.75) is 12.5 Å². The van der Waals surface area contributed by atoms with Gasteiger partial charge in [-0.1, -0.05) is 5.16 Å². The van der Waals surface area contributed by atoms with Gasteiger partial charge in [0.25, 0.3) is 5.89 Å². The second-order valence-electron chi connectivity index (χ2n) is 3.29. The van der Waals surface area contributed by atoms with Crippen LogP contribution in [0.5, 0.6) is 0 Å². The molecule has 0 aliphatic rings. The third-order valence-electron chi connectivity index (χ3n) is 2.09. The Morgan fingerprint density at radius 1 is 1.50 bits per heavy atom. The topological polar surface area (TPSA) is 98.1 Å². The van der Waals surface area contributed by atoms with Crippen molar-refractivity contribution in [3.05, 3.63) is 30.4 Å². The molecule has 1 atom stereocenters. The van der Waals surface area contributed by atoms with Crippen LogP contribution in [0.3, 0.4) is 0 Å². The lowest BCUT2D eigenvalue weighted by molar-refractivity contribution is 0.127. The molecule has 0 amide bonds. The molecule has 3 N–H and O–H groups in total. The number of hydrogen-bond acceptors (Lipinski definition) is 6. The fourth-order valence-corrected chi connectivity index (χ4v) is 1.26. The van der Waals surface area contributed by atoms with E-state index in [1.165, 1.54) is 0 Å². The number of aromatic nitrogens is 3. The normalized spacial score (nSPS) is 12.6. The molecule has 2 aromatic heterocycles. The van der Waals surface area contributed by atoms with Crippen LogP contribution in [0.1, 0.15) is 18.4 Å². The van der Waals surface area contributed by atoms with Gasteiger partial charge in [-0.15, -0.1) is 0 Å². The Morgan fingerprint density at radius 2 is 2.38 bits per heavy atom. The van der Waals surface area contributed by atoms with Crippen LogP contribution >= 0.6 is 0 Å². The molecule has 0 saturated carbocycles. The third-order valence-corrected chi connectivity index (χ3v) is 2.09. The van der Waals surface area contributed by atoms with Crippen LogP contribution in [0.25, 0.3) is 11.4 Å². The van der Waals surface area contributed by atoms with Gasteiger partial charge in [0.15, 0.2) is 0 Å². The second-order valence-corrected chi connectivity index (χ2v) is 3.29. The molecule has 0 fully saturated rings. The molecule has 0 aliphatic heterocycles. The lowest BCUT2D eigenvalue weighted by atomic mass is 10.2. The standard InChI is InChI=1S/C10H12N4O2/c11-4-3-8(15)10-13-9(14-16-10)7-2-1-5-12-6-7/h1-2,5-6,8,15H,3-4,11H2/t8-/m0/s1. The van der Waals surface area contributed by atoms with E-state index in [0.29, 0.717) is 18.8 Å².